The van der Waals surface area contributed by atoms with Gasteiger partial charge in [0.1, 0.15) is 11.6 Å². The van der Waals surface area contributed by atoms with Crippen LogP contribution >= 0.6 is 15.9 Å². The number of hydrogen-bond donors (Lipinski definition) is 2. The van der Waals surface area contributed by atoms with E-state index in [2.05, 4.69) is 21.2 Å². The van der Waals surface area contributed by atoms with Crippen molar-refractivity contribution in [2.45, 2.75) is 0 Å². The van der Waals surface area contributed by atoms with Crippen molar-refractivity contribution in [3.05, 3.63) is 58.1 Å². The van der Waals surface area contributed by atoms with Crippen LogP contribution in [0, 0.1) is 11.6 Å². The van der Waals surface area contributed by atoms with Crippen LogP contribution in [0.15, 0.2) is 40.9 Å². The molecule has 1 amide bonds. The molecule has 0 unspecified atom stereocenters. The molecule has 0 radical (unpaired) electrons. The van der Waals surface area contributed by atoms with Crippen molar-refractivity contribution in [3.8, 4) is 0 Å². The summed E-state index contributed by atoms with van der Waals surface area (Å²) in [4.78, 5) is 12.0. The number of nitrogens with two attached hydrogens (primary N) is 1. The number of nitrogens with one attached hydrogen (secondary N) is 1. The number of hydrogen-bond acceptors (Lipinski definition) is 2. The third-order valence-electron chi connectivity index (χ3n) is 2.45. The molecule has 0 aromatic heterocycles. The maximum atomic E-state index is 13.6. The molecular formula is C13H9BrF2N2O. The Kier molecular flexibility index (Phi) is 3.80. The van der Waals surface area contributed by atoms with Crippen molar-refractivity contribution in [3.63, 3.8) is 0 Å². The minimum Gasteiger partial charge on any atom is -0.397 e. The van der Waals surface area contributed by atoms with Gasteiger partial charge >= 0.3 is 0 Å². The molecule has 19 heavy (non-hydrogen) atoms. The number of rotatable bonds is 2. The maximum Gasteiger partial charge on any atom is 0.259 e. The molecule has 2 aromatic rings. The van der Waals surface area contributed by atoms with Crippen LogP contribution in [0.5, 0.6) is 0 Å². The fourth-order valence-electron chi connectivity index (χ4n) is 1.54. The Morgan fingerprint density at radius 3 is 2.63 bits per heavy atom. The van der Waals surface area contributed by atoms with E-state index >= 15 is 0 Å². The van der Waals surface area contributed by atoms with Crippen LogP contribution in [-0.2, 0) is 0 Å². The van der Waals surface area contributed by atoms with Crippen molar-refractivity contribution < 1.29 is 13.6 Å². The van der Waals surface area contributed by atoms with Gasteiger partial charge in [0, 0.05) is 4.47 Å². The smallest absolute Gasteiger partial charge is 0.259 e. The third-order valence-corrected chi connectivity index (χ3v) is 3.11. The zero-order valence-corrected chi connectivity index (χ0v) is 11.2. The summed E-state index contributed by atoms with van der Waals surface area (Å²) in [5.41, 5.74) is 5.74. The van der Waals surface area contributed by atoms with E-state index in [0.717, 1.165) is 12.1 Å². The average Bonchev–Trinajstić information content (AvgIpc) is 2.33. The Morgan fingerprint density at radius 1 is 1.21 bits per heavy atom. The molecular weight excluding hydrogens is 318 g/mol. The maximum absolute atomic E-state index is 13.6. The molecule has 0 fully saturated rings. The van der Waals surface area contributed by atoms with Gasteiger partial charge in [-0.05, 0) is 46.3 Å². The van der Waals surface area contributed by atoms with Gasteiger partial charge in [0.05, 0.1) is 16.9 Å². The quantitative estimate of drug-likeness (QED) is 0.829. The van der Waals surface area contributed by atoms with Crippen LogP contribution in [0.2, 0.25) is 0 Å². The van der Waals surface area contributed by atoms with E-state index in [1.54, 1.807) is 0 Å². The van der Waals surface area contributed by atoms with Crippen molar-refractivity contribution >= 4 is 33.2 Å². The summed E-state index contributed by atoms with van der Waals surface area (Å²) >= 11 is 3.09. The minimum atomic E-state index is -0.706. The van der Waals surface area contributed by atoms with Crippen molar-refractivity contribution in [2.24, 2.45) is 0 Å². The Labute approximate surface area is 116 Å². The SMILES string of the molecule is Nc1ccc(F)cc1NC(=O)c1c(F)cccc1Br. The molecule has 2 rings (SSSR count). The molecule has 0 spiro atoms. The lowest BCUT2D eigenvalue weighted by Gasteiger charge is -2.10. The second-order valence-electron chi connectivity index (χ2n) is 3.78. The highest BCUT2D eigenvalue weighted by Gasteiger charge is 2.16. The molecule has 0 atom stereocenters. The summed E-state index contributed by atoms with van der Waals surface area (Å²) in [6.07, 6.45) is 0. The van der Waals surface area contributed by atoms with Crippen molar-refractivity contribution in [1.29, 1.82) is 0 Å². The lowest BCUT2D eigenvalue weighted by molar-refractivity contribution is 0.102. The largest absolute Gasteiger partial charge is 0.397 e. The van der Waals surface area contributed by atoms with E-state index in [1.165, 1.54) is 24.3 Å². The van der Waals surface area contributed by atoms with E-state index in [-0.39, 0.29) is 16.9 Å². The zero-order valence-electron chi connectivity index (χ0n) is 9.58. The summed E-state index contributed by atoms with van der Waals surface area (Å²) in [5, 5.41) is 2.38. The fraction of sp³-hybridized carbons (Fsp3) is 0. The number of carbonyl (C=O) groups is 1. The van der Waals surface area contributed by atoms with E-state index in [4.69, 9.17) is 5.73 Å². The number of carbonyl (C=O) groups excluding carboxylic acids is 1. The second-order valence-corrected chi connectivity index (χ2v) is 4.64. The van der Waals surface area contributed by atoms with Gasteiger partial charge < -0.3 is 11.1 Å². The van der Waals surface area contributed by atoms with Gasteiger partial charge in [-0.2, -0.15) is 0 Å². The number of nitrogen functional groups attached to an aromatic ring is 1. The van der Waals surface area contributed by atoms with E-state index in [0.29, 0.717) is 4.47 Å². The Balaban J connectivity index is 2.34. The molecule has 0 aliphatic rings. The van der Waals surface area contributed by atoms with E-state index < -0.39 is 17.5 Å². The molecule has 0 aliphatic carbocycles. The average molecular weight is 327 g/mol. The highest BCUT2D eigenvalue weighted by Crippen LogP contribution is 2.24. The normalized spacial score (nSPS) is 10.3. The molecule has 3 nitrogen and oxygen atoms in total. The molecule has 6 heteroatoms. The molecule has 3 N–H and O–H groups in total. The first kappa shape index (κ1) is 13.5. The Bertz CT molecular complexity index is 626. The highest BCUT2D eigenvalue weighted by molar-refractivity contribution is 9.10. The number of anilines is 2. The van der Waals surface area contributed by atoms with Crippen LogP contribution in [0.3, 0.4) is 0 Å². The summed E-state index contributed by atoms with van der Waals surface area (Å²) in [5.74, 6) is -1.93. The summed E-state index contributed by atoms with van der Waals surface area (Å²) in [6.45, 7) is 0. The van der Waals surface area contributed by atoms with E-state index in [1.807, 2.05) is 0 Å². The number of benzene rings is 2. The molecule has 0 bridgehead atoms. The van der Waals surface area contributed by atoms with Crippen molar-refractivity contribution in [2.75, 3.05) is 11.1 Å². The molecule has 2 aromatic carbocycles. The molecule has 98 valence electrons. The second kappa shape index (κ2) is 5.36. The van der Waals surface area contributed by atoms with Crippen LogP contribution in [-0.4, -0.2) is 5.91 Å². The fourth-order valence-corrected chi connectivity index (χ4v) is 2.06. The molecule has 0 aliphatic heterocycles. The van der Waals surface area contributed by atoms with Gasteiger partial charge in [-0.3, -0.25) is 4.79 Å². The summed E-state index contributed by atoms with van der Waals surface area (Å²) in [7, 11) is 0. The van der Waals surface area contributed by atoms with Gasteiger partial charge in [-0.1, -0.05) is 6.07 Å². The van der Waals surface area contributed by atoms with Crippen molar-refractivity contribution in [1.82, 2.24) is 0 Å². The van der Waals surface area contributed by atoms with Crippen LogP contribution in [0.25, 0.3) is 0 Å². The topological polar surface area (TPSA) is 55.1 Å². The molecule has 0 saturated heterocycles. The summed E-state index contributed by atoms with van der Waals surface area (Å²) in [6, 6.07) is 7.72. The van der Waals surface area contributed by atoms with E-state index in [9.17, 15) is 13.6 Å². The Hall–Kier alpha value is -1.95. The minimum absolute atomic E-state index is 0.0974. The van der Waals surface area contributed by atoms with Crippen LogP contribution < -0.4 is 11.1 Å². The lowest BCUT2D eigenvalue weighted by Crippen LogP contribution is -2.15. The van der Waals surface area contributed by atoms with Gasteiger partial charge in [0.15, 0.2) is 0 Å². The predicted octanol–water partition coefficient (Wildman–Crippen LogP) is 3.56. The van der Waals surface area contributed by atoms with Gasteiger partial charge in [-0.25, -0.2) is 8.78 Å². The summed E-state index contributed by atoms with van der Waals surface area (Å²) < 4.78 is 27.0. The first-order valence-electron chi connectivity index (χ1n) is 5.29. The molecule has 0 saturated carbocycles. The predicted molar refractivity (Wildman–Crippen MR) is 72.9 cm³/mol. The van der Waals surface area contributed by atoms with Gasteiger partial charge in [-0.15, -0.1) is 0 Å². The first-order chi connectivity index (χ1) is 8.99. The number of halogens is 3. The first-order valence-corrected chi connectivity index (χ1v) is 6.08. The molecule has 0 heterocycles. The standard InChI is InChI=1S/C13H9BrF2N2O/c14-8-2-1-3-9(16)12(8)13(19)18-11-6-7(15)4-5-10(11)17/h1-6H,17H2,(H,18,19). The Morgan fingerprint density at radius 2 is 1.95 bits per heavy atom. The zero-order chi connectivity index (χ0) is 14.0. The monoisotopic (exact) mass is 326 g/mol. The van der Waals surface area contributed by atoms with Gasteiger partial charge in [0.25, 0.3) is 5.91 Å². The lowest BCUT2D eigenvalue weighted by atomic mass is 10.2. The van der Waals surface area contributed by atoms with Crippen LogP contribution in [0.1, 0.15) is 10.4 Å². The van der Waals surface area contributed by atoms with Crippen LogP contribution in [0.4, 0.5) is 20.2 Å². The number of amides is 1. The highest BCUT2D eigenvalue weighted by atomic mass is 79.9. The third kappa shape index (κ3) is 2.90. The van der Waals surface area contributed by atoms with Gasteiger partial charge in [0.2, 0.25) is 0 Å².